The fourth-order valence-electron chi connectivity index (χ4n) is 3.42. The standard InChI is InChI=1S/C14H18N4.C12H22N2O2/c1-10(2)4-5-12-6-8-13(9-7-12)14-17-15-11(3)16-18-14;13-8-9-14-12(15)10-16-11-6-4-2-1-3-5-7-11/h6-10H,4-5H2,1-3H3;1-2,11H,3-10,13H2,(H,14,15)/b;2-1+/t;11-/m.0/s1. The normalized spacial score (nSPS) is 16.7. The number of rotatable bonds is 9. The third-order valence-corrected chi connectivity index (χ3v) is 5.44. The van der Waals surface area contributed by atoms with Crippen molar-refractivity contribution in [2.45, 2.75) is 71.8 Å². The van der Waals surface area contributed by atoms with E-state index in [-0.39, 0.29) is 18.6 Å². The summed E-state index contributed by atoms with van der Waals surface area (Å²) in [6.45, 7) is 7.42. The number of carbonyl (C=O) groups excluding carboxylic acids is 1. The molecule has 1 atom stereocenters. The van der Waals surface area contributed by atoms with E-state index < -0.39 is 0 Å². The van der Waals surface area contributed by atoms with Crippen molar-refractivity contribution in [1.29, 1.82) is 0 Å². The Balaban J connectivity index is 0.000000242. The highest BCUT2D eigenvalue weighted by molar-refractivity contribution is 5.77. The lowest BCUT2D eigenvalue weighted by atomic mass is 10.0. The van der Waals surface area contributed by atoms with E-state index in [0.717, 1.165) is 50.0 Å². The third kappa shape index (κ3) is 11.4. The van der Waals surface area contributed by atoms with Gasteiger partial charge < -0.3 is 15.8 Å². The second kappa shape index (κ2) is 16.0. The van der Waals surface area contributed by atoms with E-state index >= 15 is 0 Å². The maximum atomic E-state index is 11.3. The van der Waals surface area contributed by atoms with Crippen molar-refractivity contribution in [3.05, 3.63) is 47.8 Å². The second-order valence-corrected chi connectivity index (χ2v) is 8.95. The van der Waals surface area contributed by atoms with Crippen LogP contribution in [-0.2, 0) is 16.0 Å². The van der Waals surface area contributed by atoms with Gasteiger partial charge in [-0.3, -0.25) is 4.79 Å². The molecule has 0 saturated heterocycles. The Labute approximate surface area is 203 Å². The number of ether oxygens (including phenoxy) is 1. The van der Waals surface area contributed by atoms with E-state index in [0.29, 0.717) is 24.7 Å². The smallest absolute Gasteiger partial charge is 0.246 e. The van der Waals surface area contributed by atoms with Crippen LogP contribution in [0.1, 0.15) is 63.8 Å². The molecule has 0 unspecified atom stereocenters. The number of carbonyl (C=O) groups is 1. The molecular weight excluding hydrogens is 428 g/mol. The molecule has 0 fully saturated rings. The van der Waals surface area contributed by atoms with Crippen molar-refractivity contribution in [2.24, 2.45) is 11.7 Å². The number of aryl methyl sites for hydroxylation is 2. The summed E-state index contributed by atoms with van der Waals surface area (Å²) in [4.78, 5) is 11.3. The fraction of sp³-hybridized carbons (Fsp3) is 0.577. The van der Waals surface area contributed by atoms with E-state index in [2.05, 4.69) is 63.8 Å². The Morgan fingerprint density at radius 2 is 1.79 bits per heavy atom. The van der Waals surface area contributed by atoms with Gasteiger partial charge in [-0.2, -0.15) is 0 Å². The zero-order valence-corrected chi connectivity index (χ0v) is 20.9. The SMILES string of the molecule is Cc1nnc(-c2ccc(CCC(C)C)cc2)nn1.NCCNC(=O)CO[C@H]1CC/C=C/CCC1. The summed E-state index contributed by atoms with van der Waals surface area (Å²) < 4.78 is 5.59. The van der Waals surface area contributed by atoms with Crippen molar-refractivity contribution in [1.82, 2.24) is 25.7 Å². The third-order valence-electron chi connectivity index (χ3n) is 5.44. The van der Waals surface area contributed by atoms with Crippen LogP contribution >= 0.6 is 0 Å². The number of benzene rings is 1. The van der Waals surface area contributed by atoms with E-state index in [1.807, 2.05) is 12.1 Å². The van der Waals surface area contributed by atoms with Crippen LogP contribution in [0.3, 0.4) is 0 Å². The molecule has 1 aromatic carbocycles. The highest BCUT2D eigenvalue weighted by Crippen LogP contribution is 2.16. The van der Waals surface area contributed by atoms with Gasteiger partial charge in [-0.1, -0.05) is 50.3 Å². The van der Waals surface area contributed by atoms with Gasteiger partial charge in [0.2, 0.25) is 11.7 Å². The summed E-state index contributed by atoms with van der Waals surface area (Å²) in [7, 11) is 0. The van der Waals surface area contributed by atoms with Crippen LogP contribution in [0.2, 0.25) is 0 Å². The average molecular weight is 469 g/mol. The van der Waals surface area contributed by atoms with Crippen molar-refractivity contribution in [3.8, 4) is 11.4 Å². The minimum Gasteiger partial charge on any atom is -0.368 e. The average Bonchev–Trinajstić information content (AvgIpc) is 2.82. The summed E-state index contributed by atoms with van der Waals surface area (Å²) in [5.74, 6) is 1.84. The molecule has 2 aromatic rings. The Morgan fingerprint density at radius 1 is 1.09 bits per heavy atom. The minimum atomic E-state index is -0.0666. The Morgan fingerprint density at radius 3 is 2.47 bits per heavy atom. The highest BCUT2D eigenvalue weighted by Gasteiger charge is 2.11. The first-order valence-electron chi connectivity index (χ1n) is 12.3. The lowest BCUT2D eigenvalue weighted by Gasteiger charge is -2.18. The summed E-state index contributed by atoms with van der Waals surface area (Å²) in [5.41, 5.74) is 7.60. The van der Waals surface area contributed by atoms with Gasteiger partial charge in [0.1, 0.15) is 6.61 Å². The Bertz CT molecular complexity index is 853. The molecule has 0 aliphatic heterocycles. The van der Waals surface area contributed by atoms with Crippen molar-refractivity contribution in [3.63, 3.8) is 0 Å². The second-order valence-electron chi connectivity index (χ2n) is 8.95. The summed E-state index contributed by atoms with van der Waals surface area (Å²) >= 11 is 0. The first-order chi connectivity index (χ1) is 16.5. The molecule has 8 nitrogen and oxygen atoms in total. The molecule has 8 heteroatoms. The quantitative estimate of drug-likeness (QED) is 0.538. The molecule has 186 valence electrons. The number of hydrogen-bond acceptors (Lipinski definition) is 7. The predicted molar refractivity (Wildman–Crippen MR) is 135 cm³/mol. The number of aromatic nitrogens is 4. The molecule has 0 spiro atoms. The van der Waals surface area contributed by atoms with Crippen LogP contribution in [0.5, 0.6) is 0 Å². The van der Waals surface area contributed by atoms with Gasteiger partial charge >= 0.3 is 0 Å². The minimum absolute atomic E-state index is 0.0666. The van der Waals surface area contributed by atoms with Crippen LogP contribution in [0.4, 0.5) is 0 Å². The number of nitrogens with one attached hydrogen (secondary N) is 1. The first-order valence-corrected chi connectivity index (χ1v) is 12.3. The number of nitrogens with two attached hydrogens (primary N) is 1. The topological polar surface area (TPSA) is 116 Å². The molecule has 3 rings (SSSR count). The fourth-order valence-corrected chi connectivity index (χ4v) is 3.42. The zero-order valence-electron chi connectivity index (χ0n) is 20.9. The first kappa shape index (κ1) is 27.5. The van der Waals surface area contributed by atoms with Crippen LogP contribution in [0, 0.1) is 12.8 Å². The van der Waals surface area contributed by atoms with E-state index in [9.17, 15) is 4.79 Å². The number of hydrogen-bond donors (Lipinski definition) is 2. The monoisotopic (exact) mass is 468 g/mol. The molecule has 0 bridgehead atoms. The Hall–Kier alpha value is -2.71. The molecule has 1 aliphatic rings. The van der Waals surface area contributed by atoms with Gasteiger partial charge in [0.25, 0.3) is 0 Å². The summed E-state index contributed by atoms with van der Waals surface area (Å²) in [5, 5.41) is 18.6. The molecule has 34 heavy (non-hydrogen) atoms. The molecule has 1 aromatic heterocycles. The number of allylic oxidation sites excluding steroid dienone is 2. The largest absolute Gasteiger partial charge is 0.368 e. The molecular formula is C26H40N6O2. The summed E-state index contributed by atoms with van der Waals surface area (Å²) in [6, 6.07) is 8.31. The van der Waals surface area contributed by atoms with Gasteiger partial charge in [0, 0.05) is 18.7 Å². The van der Waals surface area contributed by atoms with E-state index in [1.165, 1.54) is 12.0 Å². The van der Waals surface area contributed by atoms with Crippen LogP contribution in [-0.4, -0.2) is 52.1 Å². The molecule has 1 amide bonds. The van der Waals surface area contributed by atoms with Gasteiger partial charge in [0.05, 0.1) is 6.10 Å². The molecule has 0 saturated carbocycles. The molecule has 0 radical (unpaired) electrons. The van der Waals surface area contributed by atoms with Crippen LogP contribution < -0.4 is 11.1 Å². The van der Waals surface area contributed by atoms with Crippen LogP contribution in [0.15, 0.2) is 36.4 Å². The molecule has 3 N–H and O–H groups in total. The van der Waals surface area contributed by atoms with Crippen molar-refractivity contribution < 1.29 is 9.53 Å². The maximum Gasteiger partial charge on any atom is 0.246 e. The zero-order chi connectivity index (χ0) is 24.6. The lowest BCUT2D eigenvalue weighted by molar-refractivity contribution is -0.127. The maximum absolute atomic E-state index is 11.3. The highest BCUT2D eigenvalue weighted by atomic mass is 16.5. The lowest BCUT2D eigenvalue weighted by Crippen LogP contribution is -2.33. The number of nitrogens with zero attached hydrogens (tertiary/aromatic N) is 4. The molecule has 1 heterocycles. The van der Waals surface area contributed by atoms with Crippen LogP contribution in [0.25, 0.3) is 11.4 Å². The van der Waals surface area contributed by atoms with Gasteiger partial charge in [-0.05, 0) is 63.4 Å². The number of amides is 1. The summed E-state index contributed by atoms with van der Waals surface area (Å²) in [6.07, 6.45) is 12.4. The van der Waals surface area contributed by atoms with Gasteiger partial charge in [-0.25, -0.2) is 0 Å². The Kier molecular flexibility index (Phi) is 13.0. The van der Waals surface area contributed by atoms with Crippen molar-refractivity contribution >= 4 is 5.91 Å². The van der Waals surface area contributed by atoms with E-state index in [1.54, 1.807) is 6.92 Å². The van der Waals surface area contributed by atoms with Crippen molar-refractivity contribution in [2.75, 3.05) is 19.7 Å². The molecule has 1 aliphatic carbocycles. The predicted octanol–water partition coefficient (Wildman–Crippen LogP) is 3.80. The van der Waals surface area contributed by atoms with E-state index in [4.69, 9.17) is 10.5 Å². The van der Waals surface area contributed by atoms with Gasteiger partial charge in [0.15, 0.2) is 5.82 Å². The van der Waals surface area contributed by atoms with Gasteiger partial charge in [-0.15, -0.1) is 20.4 Å².